The Balaban J connectivity index is 1.47. The Morgan fingerprint density at radius 2 is 1.67 bits per heavy atom. The molecule has 33 heavy (non-hydrogen) atoms. The minimum atomic E-state index is -3.75. The molecular weight excluding hydrogens is 460 g/mol. The molecule has 1 aromatic heterocycles. The summed E-state index contributed by atoms with van der Waals surface area (Å²) in [4.78, 5) is 28.4. The zero-order valence-electron chi connectivity index (χ0n) is 18.6. The van der Waals surface area contributed by atoms with Crippen LogP contribution in [0.1, 0.15) is 43.1 Å². The van der Waals surface area contributed by atoms with Crippen molar-refractivity contribution in [2.24, 2.45) is 0 Å². The summed E-state index contributed by atoms with van der Waals surface area (Å²) in [5, 5.41) is 7.37. The van der Waals surface area contributed by atoms with Crippen LogP contribution >= 0.6 is 11.3 Å². The largest absolute Gasteiger partial charge is 0.352 e. The van der Waals surface area contributed by atoms with Crippen LogP contribution in [-0.2, 0) is 20.2 Å². The molecule has 0 saturated heterocycles. The Morgan fingerprint density at radius 3 is 2.24 bits per heavy atom. The molecule has 3 N–H and O–H groups in total. The number of hydrogen-bond acceptors (Lipinski definition) is 6. The number of carbonyl (C=O) groups excluding carboxylic acids is 2. The zero-order valence-corrected chi connectivity index (χ0v) is 20.2. The van der Waals surface area contributed by atoms with E-state index >= 15 is 0 Å². The Hall–Kier alpha value is -3.24. The van der Waals surface area contributed by atoms with Crippen LogP contribution in [0.2, 0.25) is 0 Å². The van der Waals surface area contributed by atoms with Crippen LogP contribution in [0.5, 0.6) is 0 Å². The number of rotatable bonds is 8. The minimum Gasteiger partial charge on any atom is -0.352 e. The van der Waals surface area contributed by atoms with Crippen LogP contribution in [-0.4, -0.2) is 31.8 Å². The van der Waals surface area contributed by atoms with Crippen molar-refractivity contribution in [1.29, 1.82) is 0 Å². The summed E-state index contributed by atoms with van der Waals surface area (Å²) in [6.07, 6.45) is 1.59. The predicted octanol–water partition coefficient (Wildman–Crippen LogP) is 4.00. The first kappa shape index (κ1) is 24.4. The van der Waals surface area contributed by atoms with E-state index in [1.165, 1.54) is 41.8 Å². The van der Waals surface area contributed by atoms with Gasteiger partial charge in [0.25, 0.3) is 15.9 Å². The van der Waals surface area contributed by atoms with Gasteiger partial charge < -0.3 is 10.6 Å². The van der Waals surface area contributed by atoms with Crippen molar-refractivity contribution in [3.63, 3.8) is 0 Å². The summed E-state index contributed by atoms with van der Waals surface area (Å²) in [5.74, 6) is -0.541. The third kappa shape index (κ3) is 6.87. The lowest BCUT2D eigenvalue weighted by molar-refractivity contribution is -0.116. The summed E-state index contributed by atoms with van der Waals surface area (Å²) in [5.41, 5.74) is 2.13. The minimum absolute atomic E-state index is 0.00722. The molecule has 2 aromatic carbocycles. The van der Waals surface area contributed by atoms with Crippen molar-refractivity contribution in [3.8, 4) is 0 Å². The topological polar surface area (TPSA) is 117 Å². The smallest absolute Gasteiger partial charge is 0.263 e. The van der Waals surface area contributed by atoms with E-state index in [2.05, 4.69) is 41.1 Å². The third-order valence-corrected chi connectivity index (χ3v) is 6.93. The molecule has 0 atom stereocenters. The van der Waals surface area contributed by atoms with E-state index in [1.807, 2.05) is 12.1 Å². The number of sulfonamides is 1. The lowest BCUT2D eigenvalue weighted by Gasteiger charge is -2.19. The second kappa shape index (κ2) is 10.1. The van der Waals surface area contributed by atoms with Crippen molar-refractivity contribution in [1.82, 2.24) is 10.3 Å². The Bertz CT molecular complexity index is 1200. The average molecular weight is 487 g/mol. The highest BCUT2D eigenvalue weighted by molar-refractivity contribution is 7.93. The molecule has 2 amide bonds. The lowest BCUT2D eigenvalue weighted by atomic mass is 9.87. The van der Waals surface area contributed by atoms with E-state index in [1.54, 1.807) is 17.5 Å². The van der Waals surface area contributed by atoms with Gasteiger partial charge in [-0.05, 0) is 47.4 Å². The van der Waals surface area contributed by atoms with Gasteiger partial charge in [-0.15, -0.1) is 11.3 Å². The molecule has 1 heterocycles. The van der Waals surface area contributed by atoms with Crippen molar-refractivity contribution >= 4 is 44.0 Å². The van der Waals surface area contributed by atoms with Gasteiger partial charge in [0.1, 0.15) is 0 Å². The average Bonchev–Trinajstić information content (AvgIpc) is 3.26. The van der Waals surface area contributed by atoms with Crippen molar-refractivity contribution < 1.29 is 18.0 Å². The number of aromatic nitrogens is 1. The second-order valence-corrected chi connectivity index (χ2v) is 10.9. The first-order valence-electron chi connectivity index (χ1n) is 10.3. The molecule has 0 saturated carbocycles. The maximum atomic E-state index is 12.4. The predicted molar refractivity (Wildman–Crippen MR) is 130 cm³/mol. The molecule has 0 aliphatic rings. The van der Waals surface area contributed by atoms with Gasteiger partial charge in [0.05, 0.1) is 4.90 Å². The highest BCUT2D eigenvalue weighted by Gasteiger charge is 2.16. The number of amides is 2. The molecule has 0 unspecified atom stereocenters. The summed E-state index contributed by atoms with van der Waals surface area (Å²) in [6.45, 7) is 6.49. The van der Waals surface area contributed by atoms with Crippen LogP contribution in [0.25, 0.3) is 0 Å². The first-order chi connectivity index (χ1) is 15.5. The van der Waals surface area contributed by atoms with Gasteiger partial charge in [-0.25, -0.2) is 13.4 Å². The van der Waals surface area contributed by atoms with Gasteiger partial charge in [0, 0.05) is 35.8 Å². The number of carbonyl (C=O) groups is 2. The molecule has 0 fully saturated rings. The highest BCUT2D eigenvalue weighted by atomic mass is 32.2. The molecule has 0 bridgehead atoms. The summed E-state index contributed by atoms with van der Waals surface area (Å²) < 4.78 is 27.1. The molecular formula is C23H26N4O4S2. The number of nitrogens with one attached hydrogen (secondary N) is 3. The molecule has 3 aromatic rings. The van der Waals surface area contributed by atoms with Crippen LogP contribution in [0.15, 0.2) is 65.0 Å². The maximum absolute atomic E-state index is 12.4. The number of benzene rings is 2. The second-order valence-electron chi connectivity index (χ2n) is 8.35. The fraction of sp³-hybridized carbons (Fsp3) is 0.261. The lowest BCUT2D eigenvalue weighted by Crippen LogP contribution is -2.27. The summed E-state index contributed by atoms with van der Waals surface area (Å²) in [6, 6.07) is 13.2. The van der Waals surface area contributed by atoms with Crippen LogP contribution < -0.4 is 15.4 Å². The van der Waals surface area contributed by atoms with E-state index in [0.29, 0.717) is 11.3 Å². The SMILES string of the molecule is CC(C)(C)c1ccc(C(=O)NCCC(=O)Nc2ccc(S(=O)(=O)Nc3nccs3)cc2)cc1. The van der Waals surface area contributed by atoms with E-state index in [4.69, 9.17) is 0 Å². The number of thiazole rings is 1. The molecule has 0 aliphatic heterocycles. The van der Waals surface area contributed by atoms with Crippen molar-refractivity contribution in [2.75, 3.05) is 16.6 Å². The van der Waals surface area contributed by atoms with Crippen LogP contribution in [0.4, 0.5) is 10.8 Å². The van der Waals surface area contributed by atoms with Gasteiger partial charge in [0.15, 0.2) is 5.13 Å². The third-order valence-electron chi connectivity index (χ3n) is 4.75. The molecule has 3 rings (SSSR count). The highest BCUT2D eigenvalue weighted by Crippen LogP contribution is 2.22. The fourth-order valence-electron chi connectivity index (χ4n) is 2.90. The van der Waals surface area contributed by atoms with Gasteiger partial charge in [0.2, 0.25) is 5.91 Å². The van der Waals surface area contributed by atoms with Crippen LogP contribution in [0.3, 0.4) is 0 Å². The zero-order chi connectivity index (χ0) is 24.1. The molecule has 0 spiro atoms. The monoisotopic (exact) mass is 486 g/mol. The normalized spacial score (nSPS) is 11.6. The van der Waals surface area contributed by atoms with Gasteiger partial charge in [-0.3, -0.25) is 14.3 Å². The summed E-state index contributed by atoms with van der Waals surface area (Å²) >= 11 is 1.18. The van der Waals surface area contributed by atoms with Gasteiger partial charge >= 0.3 is 0 Å². The molecule has 0 aliphatic carbocycles. The molecule has 10 heteroatoms. The number of hydrogen-bond donors (Lipinski definition) is 3. The fourth-order valence-corrected chi connectivity index (χ4v) is 4.69. The molecule has 8 nitrogen and oxygen atoms in total. The Morgan fingerprint density at radius 1 is 1.00 bits per heavy atom. The quantitative estimate of drug-likeness (QED) is 0.445. The van der Waals surface area contributed by atoms with Crippen molar-refractivity contribution in [2.45, 2.75) is 37.5 Å². The van der Waals surface area contributed by atoms with Crippen molar-refractivity contribution in [3.05, 3.63) is 71.2 Å². The molecule has 0 radical (unpaired) electrons. The Kier molecular flexibility index (Phi) is 7.50. The Labute approximate surface area is 197 Å². The van der Waals surface area contributed by atoms with E-state index in [-0.39, 0.29) is 40.2 Å². The first-order valence-corrected chi connectivity index (χ1v) is 12.6. The number of anilines is 2. The summed E-state index contributed by atoms with van der Waals surface area (Å²) in [7, 11) is -3.75. The number of nitrogens with zero attached hydrogens (tertiary/aromatic N) is 1. The van der Waals surface area contributed by atoms with Gasteiger partial charge in [-0.1, -0.05) is 32.9 Å². The van der Waals surface area contributed by atoms with E-state index < -0.39 is 10.0 Å². The van der Waals surface area contributed by atoms with Crippen LogP contribution in [0, 0.1) is 0 Å². The van der Waals surface area contributed by atoms with E-state index in [9.17, 15) is 18.0 Å². The van der Waals surface area contributed by atoms with E-state index in [0.717, 1.165) is 5.56 Å². The maximum Gasteiger partial charge on any atom is 0.263 e. The van der Waals surface area contributed by atoms with Gasteiger partial charge in [-0.2, -0.15) is 0 Å². The molecule has 174 valence electrons. The standard InChI is InChI=1S/C23H26N4O4S2/c1-23(2,3)17-6-4-16(5-7-17)21(29)24-13-12-20(28)26-18-8-10-19(11-9-18)33(30,31)27-22-25-14-15-32-22/h4-11,14-15H,12-13H2,1-3H3,(H,24,29)(H,25,27)(H,26,28).